The number of rotatable bonds is 7. The number of sulfonamides is 1. The fourth-order valence-corrected chi connectivity index (χ4v) is 3.88. The van der Waals surface area contributed by atoms with Gasteiger partial charge in [-0.05, 0) is 43.7 Å². The summed E-state index contributed by atoms with van der Waals surface area (Å²) in [7, 11) is -3.43. The minimum absolute atomic E-state index is 0.0330. The fraction of sp³-hybridized carbons (Fsp3) is 0.389. The molecule has 3 aromatic heterocycles. The van der Waals surface area contributed by atoms with E-state index in [1.54, 1.807) is 18.2 Å². The Hall–Kier alpha value is -2.76. The van der Waals surface area contributed by atoms with Crippen molar-refractivity contribution in [1.29, 1.82) is 0 Å². The minimum Gasteiger partial charge on any atom is -0.462 e. The van der Waals surface area contributed by atoms with Crippen LogP contribution in [-0.4, -0.2) is 46.3 Å². The van der Waals surface area contributed by atoms with Crippen molar-refractivity contribution in [2.24, 2.45) is 0 Å². The number of anilines is 1. The van der Waals surface area contributed by atoms with Gasteiger partial charge in [-0.1, -0.05) is 5.16 Å². The zero-order valence-corrected chi connectivity index (χ0v) is 16.6. The van der Waals surface area contributed by atoms with Crippen molar-refractivity contribution in [1.82, 2.24) is 20.0 Å². The first-order chi connectivity index (χ1) is 13.9. The molecule has 154 valence electrons. The maximum absolute atomic E-state index is 11.4. The minimum atomic E-state index is -3.43. The first-order valence-corrected chi connectivity index (χ1v) is 11.0. The molecule has 1 atom stereocenters. The van der Waals surface area contributed by atoms with Crippen LogP contribution in [0.25, 0.3) is 11.4 Å². The van der Waals surface area contributed by atoms with E-state index >= 15 is 0 Å². The fourth-order valence-electron chi connectivity index (χ4n) is 3.39. The molecule has 11 heteroatoms. The molecular formula is C18H21N5O5S. The normalized spacial score (nSPS) is 17.7. The second kappa shape index (κ2) is 7.93. The van der Waals surface area contributed by atoms with Gasteiger partial charge in [-0.15, -0.1) is 0 Å². The van der Waals surface area contributed by atoms with E-state index in [-0.39, 0.29) is 18.5 Å². The number of pyridine rings is 1. The van der Waals surface area contributed by atoms with Crippen molar-refractivity contribution in [3.8, 4) is 11.4 Å². The third-order valence-electron chi connectivity index (χ3n) is 4.63. The van der Waals surface area contributed by atoms with E-state index in [0.29, 0.717) is 29.6 Å². The molecule has 1 aliphatic heterocycles. The Morgan fingerprint density at radius 2 is 2.14 bits per heavy atom. The van der Waals surface area contributed by atoms with Gasteiger partial charge in [-0.2, -0.15) is 4.98 Å². The van der Waals surface area contributed by atoms with E-state index in [1.807, 2.05) is 6.07 Å². The van der Waals surface area contributed by atoms with Gasteiger partial charge in [0, 0.05) is 11.8 Å². The predicted molar refractivity (Wildman–Crippen MR) is 103 cm³/mol. The first-order valence-electron chi connectivity index (χ1n) is 9.11. The number of nitrogens with zero attached hydrogens (tertiary/aromatic N) is 4. The van der Waals surface area contributed by atoms with E-state index in [2.05, 4.69) is 24.7 Å². The third-order valence-corrected chi connectivity index (χ3v) is 5.21. The number of aromatic nitrogens is 3. The molecule has 0 aliphatic carbocycles. The van der Waals surface area contributed by atoms with Crippen LogP contribution in [0.5, 0.6) is 0 Å². The summed E-state index contributed by atoms with van der Waals surface area (Å²) < 4.78 is 36.2. The maximum Gasteiger partial charge on any atom is 0.244 e. The van der Waals surface area contributed by atoms with Gasteiger partial charge in [0.05, 0.1) is 18.8 Å². The van der Waals surface area contributed by atoms with E-state index in [9.17, 15) is 8.42 Å². The standard InChI is InChI=1S/C18H21N5O5S/c1-29(25,26)22-16-9-12(6-7-19-16)17-20-18(28-21-17)15-3-2-8-23(15)10-13-4-5-14(11-24)27-13/h4-7,9,15,24H,2-3,8,10-11H2,1H3,(H,19,22)/t15-/m0/s1. The number of hydrogen-bond acceptors (Lipinski definition) is 9. The molecule has 1 aliphatic rings. The summed E-state index contributed by atoms with van der Waals surface area (Å²) in [6, 6.07) is 6.83. The molecule has 4 heterocycles. The van der Waals surface area contributed by atoms with Gasteiger partial charge in [0.2, 0.25) is 21.7 Å². The molecule has 4 rings (SSSR count). The largest absolute Gasteiger partial charge is 0.462 e. The number of nitrogens with one attached hydrogen (secondary N) is 1. The Labute approximate surface area is 167 Å². The topological polar surface area (TPSA) is 135 Å². The zero-order chi connectivity index (χ0) is 20.4. The molecule has 0 spiro atoms. The van der Waals surface area contributed by atoms with E-state index in [4.69, 9.17) is 14.0 Å². The summed E-state index contributed by atoms with van der Waals surface area (Å²) in [6.07, 6.45) is 4.42. The lowest BCUT2D eigenvalue weighted by atomic mass is 10.2. The molecule has 10 nitrogen and oxygen atoms in total. The zero-order valence-electron chi connectivity index (χ0n) is 15.8. The van der Waals surface area contributed by atoms with Crippen LogP contribution in [0.1, 0.15) is 36.3 Å². The predicted octanol–water partition coefficient (Wildman–Crippen LogP) is 1.93. The van der Waals surface area contributed by atoms with Crippen LogP contribution in [0.15, 0.2) is 39.4 Å². The van der Waals surface area contributed by atoms with Crippen molar-refractivity contribution >= 4 is 15.8 Å². The second-order valence-corrected chi connectivity index (χ2v) is 8.66. The van der Waals surface area contributed by atoms with Gasteiger partial charge in [0.1, 0.15) is 23.9 Å². The Morgan fingerprint density at radius 1 is 1.31 bits per heavy atom. The number of likely N-dealkylation sites (tertiary alicyclic amines) is 1. The number of aliphatic hydroxyl groups is 1. The van der Waals surface area contributed by atoms with E-state index < -0.39 is 10.0 Å². The molecule has 0 unspecified atom stereocenters. The molecule has 0 amide bonds. The molecule has 3 aromatic rings. The van der Waals surface area contributed by atoms with Crippen molar-refractivity contribution in [2.45, 2.75) is 32.0 Å². The van der Waals surface area contributed by atoms with Gasteiger partial charge >= 0.3 is 0 Å². The Bertz CT molecular complexity index is 1090. The summed E-state index contributed by atoms with van der Waals surface area (Å²) in [5.74, 6) is 2.36. The highest BCUT2D eigenvalue weighted by molar-refractivity contribution is 7.92. The number of hydrogen-bond donors (Lipinski definition) is 2. The smallest absolute Gasteiger partial charge is 0.244 e. The van der Waals surface area contributed by atoms with Crippen molar-refractivity contribution in [3.63, 3.8) is 0 Å². The molecule has 29 heavy (non-hydrogen) atoms. The van der Waals surface area contributed by atoms with Crippen LogP contribution in [-0.2, 0) is 23.2 Å². The van der Waals surface area contributed by atoms with Gasteiger partial charge < -0.3 is 14.0 Å². The van der Waals surface area contributed by atoms with Crippen LogP contribution >= 0.6 is 0 Å². The molecular weight excluding hydrogens is 398 g/mol. The van der Waals surface area contributed by atoms with Crippen LogP contribution in [0.3, 0.4) is 0 Å². The Balaban J connectivity index is 1.51. The van der Waals surface area contributed by atoms with Crippen molar-refractivity contribution in [3.05, 3.63) is 47.9 Å². The summed E-state index contributed by atoms with van der Waals surface area (Å²) >= 11 is 0. The quantitative estimate of drug-likeness (QED) is 0.589. The lowest BCUT2D eigenvalue weighted by Gasteiger charge is -2.19. The van der Waals surface area contributed by atoms with Crippen LogP contribution < -0.4 is 4.72 Å². The monoisotopic (exact) mass is 419 g/mol. The highest BCUT2D eigenvalue weighted by atomic mass is 32.2. The Kier molecular flexibility index (Phi) is 5.35. The number of furan rings is 1. The number of aliphatic hydroxyl groups excluding tert-OH is 1. The Morgan fingerprint density at radius 3 is 2.90 bits per heavy atom. The van der Waals surface area contributed by atoms with Crippen LogP contribution in [0.4, 0.5) is 5.82 Å². The maximum atomic E-state index is 11.4. The SMILES string of the molecule is CS(=O)(=O)Nc1cc(-c2noc([C@@H]3CCCN3Cc3ccc(CO)o3)n2)ccn1. The summed E-state index contributed by atoms with van der Waals surface area (Å²) in [6.45, 7) is 1.33. The van der Waals surface area contributed by atoms with Gasteiger partial charge in [0.15, 0.2) is 0 Å². The van der Waals surface area contributed by atoms with E-state index in [0.717, 1.165) is 31.4 Å². The molecule has 1 fully saturated rings. The molecule has 0 aromatic carbocycles. The molecule has 0 saturated carbocycles. The molecule has 2 N–H and O–H groups in total. The summed E-state index contributed by atoms with van der Waals surface area (Å²) in [4.78, 5) is 10.7. The van der Waals surface area contributed by atoms with Crippen LogP contribution in [0.2, 0.25) is 0 Å². The van der Waals surface area contributed by atoms with Crippen molar-refractivity contribution in [2.75, 3.05) is 17.5 Å². The molecule has 1 saturated heterocycles. The second-order valence-electron chi connectivity index (χ2n) is 6.91. The van der Waals surface area contributed by atoms with E-state index in [1.165, 1.54) is 6.20 Å². The van der Waals surface area contributed by atoms with Gasteiger partial charge in [-0.25, -0.2) is 13.4 Å². The third kappa shape index (κ3) is 4.63. The first kappa shape index (κ1) is 19.6. The average Bonchev–Trinajstić information content (AvgIpc) is 3.41. The van der Waals surface area contributed by atoms with Crippen LogP contribution in [0, 0.1) is 0 Å². The van der Waals surface area contributed by atoms with Gasteiger partial charge in [0.25, 0.3) is 0 Å². The van der Waals surface area contributed by atoms with Gasteiger partial charge in [-0.3, -0.25) is 9.62 Å². The molecule has 0 radical (unpaired) electrons. The average molecular weight is 419 g/mol. The van der Waals surface area contributed by atoms with Crippen molar-refractivity contribution < 1.29 is 22.5 Å². The summed E-state index contributed by atoms with van der Waals surface area (Å²) in [5, 5.41) is 13.2. The highest BCUT2D eigenvalue weighted by Gasteiger charge is 2.31. The lowest BCUT2D eigenvalue weighted by Crippen LogP contribution is -2.22. The highest BCUT2D eigenvalue weighted by Crippen LogP contribution is 2.33. The molecule has 0 bridgehead atoms. The lowest BCUT2D eigenvalue weighted by molar-refractivity contribution is 0.182. The summed E-state index contributed by atoms with van der Waals surface area (Å²) in [5.41, 5.74) is 0.601.